The van der Waals surface area contributed by atoms with Gasteiger partial charge in [-0.25, -0.2) is 0 Å². The number of primary amides is 1. The minimum atomic E-state index is -1.62. The number of phenolic OH excluding ortho intramolecular Hbond substituents is 1. The van der Waals surface area contributed by atoms with Crippen LogP contribution >= 0.6 is 0 Å². The Labute approximate surface area is 585 Å². The zero-order chi connectivity index (χ0) is 75.0. The van der Waals surface area contributed by atoms with Crippen LogP contribution in [0.5, 0.6) is 5.75 Å². The number of nitrogens with one attached hydrogen (secondary N) is 5. The first-order valence-electron chi connectivity index (χ1n) is 35.4. The van der Waals surface area contributed by atoms with Crippen LogP contribution in [0.2, 0.25) is 0 Å². The number of aliphatic hydroxyl groups is 3. The second-order valence-corrected chi connectivity index (χ2v) is 26.5. The Morgan fingerprint density at radius 2 is 0.980 bits per heavy atom. The van der Waals surface area contributed by atoms with Gasteiger partial charge in [-0.1, -0.05) is 123 Å². The van der Waals surface area contributed by atoms with Crippen LogP contribution in [0.25, 0.3) is 0 Å². The summed E-state index contributed by atoms with van der Waals surface area (Å²) >= 11 is 0. The first-order valence-corrected chi connectivity index (χ1v) is 35.4. The lowest BCUT2D eigenvalue weighted by atomic mass is 9.86. The van der Waals surface area contributed by atoms with Crippen molar-refractivity contribution in [1.29, 1.82) is 0 Å². The molecule has 29 heteroatoms. The monoisotopic (exact) mass is 1400 g/mol. The fourth-order valence-electron chi connectivity index (χ4n) is 11.2. The lowest BCUT2D eigenvalue weighted by molar-refractivity contribution is -0.142. The third-order valence-corrected chi connectivity index (χ3v) is 17.0. The summed E-state index contributed by atoms with van der Waals surface area (Å²) in [7, 11) is 1.26. The Bertz CT molecular complexity index is 2650. The summed E-state index contributed by atoms with van der Waals surface area (Å²) in [5.74, 6) is -11.5. The molecule has 1 rings (SSSR count). The quantitative estimate of drug-likeness (QED) is 0.0253. The van der Waals surface area contributed by atoms with Gasteiger partial charge in [-0.3, -0.25) is 62.7 Å². The van der Waals surface area contributed by atoms with Crippen molar-refractivity contribution in [3.8, 4) is 5.75 Å². The Morgan fingerprint density at radius 3 is 1.46 bits per heavy atom. The number of Topliss-reactive ketones (excluding diaryl/α,β-unsaturated/α-hetero) is 4. The smallest absolute Gasteiger partial charge is 0.304 e. The standard InChI is InChI=1S/C43H70N4O12.C27H53N9O4/c1-5-6-7-8-9-10-11-12-13-14-15-16-17-18-37(54)46-40(29(3)50)43(59)45-34(23-30-19-21-33(51)22-20-30)35(52)25-32(27-48)42(58)47-39(28(2)49)36(53)24-31(26-38(55)56)41(57)44-4;1-17(2)14-20(16-22(37)18(3)8-6-12-34-26(30)31)25(40)36-21(10-7-13-35-27(32)33)23(38)15-19(24(29)39)9-4-5-11-28/h19-22,28-29,31-32,34,39-40,48-51H,5-18,23-27H2,1-4H3,(H,44,57)(H,45,59)(H,46,54)(H,47,58)(H,55,56);17-21H,4-16,28H2,1-3H3,(H2,29,39)(H,36,40)(H4,30,31,34)(H4,32,33,35)/t28-,29-,31+,32+,34+,39+,40+;18-,19+,20+,21-/m10/s1. The molecular weight excluding hydrogens is 1280 g/mol. The second kappa shape index (κ2) is 53.3. The van der Waals surface area contributed by atoms with E-state index in [1.807, 2.05) is 20.8 Å². The van der Waals surface area contributed by atoms with Gasteiger partial charge in [0.1, 0.15) is 23.6 Å². The van der Waals surface area contributed by atoms with Crippen LogP contribution in [-0.2, 0) is 59.2 Å². The van der Waals surface area contributed by atoms with E-state index >= 15 is 0 Å². The predicted molar refractivity (Wildman–Crippen MR) is 380 cm³/mol. The first kappa shape index (κ1) is 91.4. The molecule has 0 fully saturated rings. The highest BCUT2D eigenvalue weighted by Gasteiger charge is 2.37. The van der Waals surface area contributed by atoms with Crippen molar-refractivity contribution in [3.05, 3.63) is 29.8 Å². The molecule has 0 aliphatic rings. The van der Waals surface area contributed by atoms with E-state index in [1.165, 1.54) is 96.5 Å². The second-order valence-electron chi connectivity index (χ2n) is 26.5. The van der Waals surface area contributed by atoms with Gasteiger partial charge >= 0.3 is 5.97 Å². The fraction of sp³-hybridized carbons (Fsp3) is 0.729. The van der Waals surface area contributed by atoms with Crippen molar-refractivity contribution in [1.82, 2.24) is 26.6 Å². The largest absolute Gasteiger partial charge is 0.508 e. The molecule has 6 amide bonds. The third-order valence-electron chi connectivity index (χ3n) is 17.0. The van der Waals surface area contributed by atoms with E-state index in [2.05, 4.69) is 43.5 Å². The Hall–Kier alpha value is -7.63. The highest BCUT2D eigenvalue weighted by Crippen LogP contribution is 2.24. The summed E-state index contributed by atoms with van der Waals surface area (Å²) in [4.78, 5) is 150. The van der Waals surface area contributed by atoms with Crippen LogP contribution in [0, 0.1) is 35.5 Å². The number of nitrogens with zero attached hydrogens (tertiary/aromatic N) is 2. The van der Waals surface area contributed by atoms with Gasteiger partial charge in [0, 0.05) is 70.0 Å². The normalized spacial score (nSPS) is 14.5. The number of aliphatic carboxylic acids is 1. The molecule has 564 valence electrons. The molecule has 0 unspecified atom stereocenters. The van der Waals surface area contributed by atoms with Crippen molar-refractivity contribution >= 4 is 76.5 Å². The average molecular weight is 1400 g/mol. The lowest BCUT2D eigenvalue weighted by Gasteiger charge is -2.26. The maximum Gasteiger partial charge on any atom is 0.304 e. The molecule has 0 saturated heterocycles. The zero-order valence-electron chi connectivity index (χ0n) is 60.0. The molecule has 0 aliphatic carbocycles. The van der Waals surface area contributed by atoms with E-state index in [0.717, 1.165) is 25.7 Å². The van der Waals surface area contributed by atoms with Gasteiger partial charge < -0.3 is 86.5 Å². The zero-order valence-corrected chi connectivity index (χ0v) is 60.0. The molecule has 1 aromatic carbocycles. The number of benzene rings is 1. The van der Waals surface area contributed by atoms with E-state index in [1.54, 1.807) is 0 Å². The number of guanidine groups is 2. The molecule has 0 spiro atoms. The Balaban J connectivity index is 0.00000209. The number of hydrogen-bond acceptors (Lipinski definition) is 18. The summed E-state index contributed by atoms with van der Waals surface area (Å²) in [6.07, 6.45) is 14.2. The van der Waals surface area contributed by atoms with E-state index < -0.39 is 133 Å². The topological polar surface area (TPSA) is 530 Å². The number of hydrogen-bond donors (Lipinski definition) is 16. The van der Waals surface area contributed by atoms with E-state index in [-0.39, 0.29) is 85.6 Å². The number of carboxylic acids is 1. The van der Waals surface area contributed by atoms with Crippen molar-refractivity contribution in [3.63, 3.8) is 0 Å². The molecule has 29 nitrogen and oxygen atoms in total. The van der Waals surface area contributed by atoms with E-state index in [0.29, 0.717) is 70.0 Å². The molecule has 1 aromatic rings. The molecule has 99 heavy (non-hydrogen) atoms. The number of aromatic hydroxyl groups is 1. The number of amides is 6. The van der Waals surface area contributed by atoms with E-state index in [9.17, 15) is 78.3 Å². The van der Waals surface area contributed by atoms with Crippen molar-refractivity contribution in [2.75, 3.05) is 33.3 Å². The number of rotatable bonds is 56. The first-order chi connectivity index (χ1) is 46.8. The van der Waals surface area contributed by atoms with Gasteiger partial charge in [-0.05, 0) is 102 Å². The van der Waals surface area contributed by atoms with Crippen molar-refractivity contribution in [2.24, 2.45) is 79.9 Å². The summed E-state index contributed by atoms with van der Waals surface area (Å²) in [5.41, 5.74) is 33.1. The molecule has 0 aromatic heterocycles. The minimum Gasteiger partial charge on any atom is -0.508 e. The molecule has 0 saturated carbocycles. The van der Waals surface area contributed by atoms with Crippen LogP contribution in [0.3, 0.4) is 0 Å². The number of carbonyl (C=O) groups excluding carboxylic acids is 10. The SMILES string of the molecule is CC(C)C[C@H](CC(=O)[C@@H](C)CCCN=C(N)N)C(=O)N[C@@H](CCCN=C(N)N)C(=O)C[C@@H](CCCCN)C(N)=O.CCCCCCCCCCCCCCCC(=O)N[C@H](C(=O)N[C@@H](Cc1ccc(O)cc1)C(=O)C[C@@H](CO)C(=O)N[C@H](C(=O)C[C@@H](CC(=O)O)C(=O)NC)[C@@H](C)O)[C@@H](C)O. The van der Waals surface area contributed by atoms with Crippen LogP contribution in [-0.4, -0.2) is 172 Å². The number of unbranched alkanes of at least 4 members (excludes halogenated alkanes) is 13. The molecule has 0 bridgehead atoms. The number of aliphatic imine (C=N–C) groups is 2. The van der Waals surface area contributed by atoms with Crippen LogP contribution in [0.15, 0.2) is 34.3 Å². The number of phenols is 1. The summed E-state index contributed by atoms with van der Waals surface area (Å²) < 4.78 is 0. The van der Waals surface area contributed by atoms with Crippen molar-refractivity contribution in [2.45, 2.75) is 258 Å². The number of aliphatic hydroxyl groups excluding tert-OH is 3. The highest BCUT2D eigenvalue weighted by atomic mass is 16.4. The van der Waals surface area contributed by atoms with Crippen LogP contribution < -0.4 is 61.0 Å². The number of nitrogens with two attached hydrogens (primary N) is 6. The maximum absolute atomic E-state index is 13.8. The third kappa shape index (κ3) is 42.8. The molecule has 0 radical (unpaired) electrons. The lowest BCUT2D eigenvalue weighted by Crippen LogP contribution is -2.56. The molecular formula is C70H123N13O16. The van der Waals surface area contributed by atoms with Gasteiger partial charge in [-0.2, -0.15) is 0 Å². The van der Waals surface area contributed by atoms with Gasteiger partial charge in [0.05, 0.1) is 49.2 Å². The fourth-order valence-corrected chi connectivity index (χ4v) is 11.2. The molecule has 0 heterocycles. The van der Waals surface area contributed by atoms with Crippen LogP contribution in [0.4, 0.5) is 0 Å². The number of carboxylic acid groups (broad SMARTS) is 1. The van der Waals surface area contributed by atoms with Crippen LogP contribution in [0.1, 0.15) is 220 Å². The molecule has 22 N–H and O–H groups in total. The summed E-state index contributed by atoms with van der Waals surface area (Å²) in [6, 6.07) is 0.524. The Morgan fingerprint density at radius 1 is 0.495 bits per heavy atom. The van der Waals surface area contributed by atoms with Crippen molar-refractivity contribution < 1.29 is 78.3 Å². The molecule has 11 atom stereocenters. The van der Waals surface area contributed by atoms with E-state index in [4.69, 9.17) is 34.4 Å². The number of ketones is 4. The summed E-state index contributed by atoms with van der Waals surface area (Å²) in [6.45, 7) is 10.8. The average Bonchev–Trinajstić information content (AvgIpc) is 0.861. The maximum atomic E-state index is 13.8. The summed E-state index contributed by atoms with van der Waals surface area (Å²) in [5, 5.41) is 62.5. The van der Waals surface area contributed by atoms with Gasteiger partial charge in [0.2, 0.25) is 35.4 Å². The van der Waals surface area contributed by atoms with Gasteiger partial charge in [0.25, 0.3) is 0 Å². The highest BCUT2D eigenvalue weighted by molar-refractivity contribution is 5.98. The van der Waals surface area contributed by atoms with Gasteiger partial charge in [0.15, 0.2) is 29.3 Å². The molecule has 0 aliphatic heterocycles. The number of carbonyl (C=O) groups is 11. The predicted octanol–water partition coefficient (Wildman–Crippen LogP) is 3.02. The minimum absolute atomic E-state index is 0.00718. The Kier molecular flexibility index (Phi) is 49.2. The van der Waals surface area contributed by atoms with Gasteiger partial charge in [-0.15, -0.1) is 0 Å².